The molecule has 3 aromatic rings. The number of unbranched alkanes of at least 4 members (excludes halogenated alkanes) is 1. The van der Waals surface area contributed by atoms with Gasteiger partial charge in [0.1, 0.15) is 5.69 Å². The van der Waals surface area contributed by atoms with Crippen LogP contribution in [0.5, 0.6) is 0 Å². The molecule has 1 amide bonds. The quantitative estimate of drug-likeness (QED) is 0.595. The van der Waals surface area contributed by atoms with Crippen molar-refractivity contribution in [3.8, 4) is 11.5 Å². The van der Waals surface area contributed by atoms with E-state index in [9.17, 15) is 13.2 Å². The number of aromatic nitrogens is 3. The van der Waals surface area contributed by atoms with Gasteiger partial charge in [-0.3, -0.25) is 4.79 Å². The summed E-state index contributed by atoms with van der Waals surface area (Å²) in [4.78, 5) is 19.8. The van der Waals surface area contributed by atoms with E-state index in [1.165, 1.54) is 0 Å². The normalized spacial score (nSPS) is 18.2. The van der Waals surface area contributed by atoms with E-state index in [1.54, 1.807) is 41.1 Å². The summed E-state index contributed by atoms with van der Waals surface area (Å²) in [5.41, 5.74) is 2.23. The first-order valence-corrected chi connectivity index (χ1v) is 12.0. The van der Waals surface area contributed by atoms with E-state index in [1.807, 2.05) is 6.92 Å². The maximum Gasteiger partial charge on any atom is 0.254 e. The van der Waals surface area contributed by atoms with Gasteiger partial charge in [-0.15, -0.1) is 0 Å². The summed E-state index contributed by atoms with van der Waals surface area (Å²) in [5.74, 6) is 0.619. The zero-order chi connectivity index (χ0) is 21.5. The molecule has 30 heavy (non-hydrogen) atoms. The number of aryl methyl sites for hydroxylation is 1. The van der Waals surface area contributed by atoms with E-state index in [2.05, 4.69) is 12.0 Å². The first-order chi connectivity index (χ1) is 14.3. The number of nitrogens with zero attached hydrogens (tertiary/aromatic N) is 4. The van der Waals surface area contributed by atoms with Gasteiger partial charge in [0, 0.05) is 13.6 Å². The smallest absolute Gasteiger partial charge is 0.254 e. The Morgan fingerprint density at radius 3 is 2.83 bits per heavy atom. The van der Waals surface area contributed by atoms with Crippen molar-refractivity contribution in [3.05, 3.63) is 35.7 Å². The summed E-state index contributed by atoms with van der Waals surface area (Å²) in [6.07, 6.45) is 3.96. The third kappa shape index (κ3) is 3.74. The minimum atomic E-state index is -3.09. The molecule has 0 spiro atoms. The molecule has 0 aliphatic carbocycles. The number of fused-ring (bicyclic) bond motifs is 1. The Kier molecular flexibility index (Phi) is 5.40. The molecule has 4 heterocycles. The molecule has 0 N–H and O–H groups in total. The van der Waals surface area contributed by atoms with Gasteiger partial charge in [0.15, 0.2) is 21.2 Å². The molecule has 1 atom stereocenters. The van der Waals surface area contributed by atoms with Gasteiger partial charge < -0.3 is 9.32 Å². The van der Waals surface area contributed by atoms with Gasteiger partial charge in [0.05, 0.1) is 40.5 Å². The number of rotatable bonds is 6. The number of furan rings is 1. The van der Waals surface area contributed by atoms with Crippen LogP contribution < -0.4 is 0 Å². The SMILES string of the molecule is CCCCN(C)C(=O)c1cc(-c2ccco2)nc2c1c(C)nn2C1CCS(=O)(=O)C1. The van der Waals surface area contributed by atoms with E-state index >= 15 is 0 Å². The topological polar surface area (TPSA) is 98.3 Å². The second-order valence-electron chi connectivity index (χ2n) is 7.90. The lowest BCUT2D eigenvalue weighted by Gasteiger charge is -2.18. The van der Waals surface area contributed by atoms with Crippen LogP contribution >= 0.6 is 0 Å². The van der Waals surface area contributed by atoms with Gasteiger partial charge in [-0.25, -0.2) is 18.1 Å². The Morgan fingerprint density at radius 1 is 1.40 bits per heavy atom. The van der Waals surface area contributed by atoms with Crippen LogP contribution in [0.2, 0.25) is 0 Å². The molecule has 1 aliphatic rings. The van der Waals surface area contributed by atoms with Gasteiger partial charge in [-0.05, 0) is 38.0 Å². The van der Waals surface area contributed by atoms with Crippen molar-refractivity contribution < 1.29 is 17.6 Å². The van der Waals surface area contributed by atoms with Crippen LogP contribution in [-0.2, 0) is 9.84 Å². The second-order valence-corrected chi connectivity index (χ2v) is 10.1. The van der Waals surface area contributed by atoms with Crippen LogP contribution in [0.3, 0.4) is 0 Å². The van der Waals surface area contributed by atoms with Crippen LogP contribution in [0.25, 0.3) is 22.5 Å². The maximum atomic E-state index is 13.3. The van der Waals surface area contributed by atoms with E-state index in [0.29, 0.717) is 46.7 Å². The predicted molar refractivity (Wildman–Crippen MR) is 114 cm³/mol. The highest BCUT2D eigenvalue weighted by atomic mass is 32.2. The van der Waals surface area contributed by atoms with Gasteiger partial charge >= 0.3 is 0 Å². The Hall–Kier alpha value is -2.68. The molecule has 1 unspecified atom stereocenters. The fourth-order valence-electron chi connectivity index (χ4n) is 3.96. The highest BCUT2D eigenvalue weighted by molar-refractivity contribution is 7.91. The molecule has 9 heteroatoms. The van der Waals surface area contributed by atoms with Crippen molar-refractivity contribution in [1.29, 1.82) is 0 Å². The summed E-state index contributed by atoms with van der Waals surface area (Å²) in [6.45, 7) is 4.57. The summed E-state index contributed by atoms with van der Waals surface area (Å²) in [5, 5.41) is 5.28. The highest BCUT2D eigenvalue weighted by Gasteiger charge is 2.32. The number of carbonyl (C=O) groups is 1. The molecule has 1 saturated heterocycles. The monoisotopic (exact) mass is 430 g/mol. The van der Waals surface area contributed by atoms with Crippen molar-refractivity contribution in [3.63, 3.8) is 0 Å². The molecule has 0 aromatic carbocycles. The zero-order valence-corrected chi connectivity index (χ0v) is 18.3. The molecule has 1 fully saturated rings. The van der Waals surface area contributed by atoms with Crippen LogP contribution in [0.1, 0.15) is 48.3 Å². The Balaban J connectivity index is 1.89. The minimum absolute atomic E-state index is 0.0373. The Bertz CT molecular complexity index is 1180. The van der Waals surface area contributed by atoms with E-state index < -0.39 is 9.84 Å². The number of carbonyl (C=O) groups excluding carboxylic acids is 1. The van der Waals surface area contributed by atoms with Gasteiger partial charge in [0.2, 0.25) is 0 Å². The number of hydrogen-bond donors (Lipinski definition) is 0. The Morgan fingerprint density at radius 2 is 2.20 bits per heavy atom. The molecule has 0 radical (unpaired) electrons. The first kappa shape index (κ1) is 20.6. The largest absolute Gasteiger partial charge is 0.463 e. The lowest BCUT2D eigenvalue weighted by Crippen LogP contribution is -2.28. The van der Waals surface area contributed by atoms with Gasteiger partial charge in [-0.1, -0.05) is 13.3 Å². The van der Waals surface area contributed by atoms with Crippen molar-refractivity contribution in [2.75, 3.05) is 25.1 Å². The number of amides is 1. The fourth-order valence-corrected chi connectivity index (χ4v) is 5.65. The number of pyridine rings is 1. The standard InChI is InChI=1S/C21H26N4O4S/c1-4-5-9-24(3)21(26)16-12-17(18-7-6-10-29-18)22-20-19(16)14(2)23-25(20)15-8-11-30(27,28)13-15/h6-7,10,12,15H,4-5,8-9,11,13H2,1-3H3. The highest BCUT2D eigenvalue weighted by Crippen LogP contribution is 2.32. The van der Waals surface area contributed by atoms with E-state index in [4.69, 9.17) is 9.40 Å². The van der Waals surface area contributed by atoms with Crippen LogP contribution in [0.15, 0.2) is 28.9 Å². The Labute approximate surface area is 175 Å². The average Bonchev–Trinajstić information content (AvgIpc) is 3.44. The van der Waals surface area contributed by atoms with Gasteiger partial charge in [0.25, 0.3) is 5.91 Å². The molecule has 4 rings (SSSR count). The number of hydrogen-bond acceptors (Lipinski definition) is 6. The molecule has 160 valence electrons. The van der Waals surface area contributed by atoms with E-state index in [-0.39, 0.29) is 23.5 Å². The van der Waals surface area contributed by atoms with Crippen molar-refractivity contribution in [1.82, 2.24) is 19.7 Å². The van der Waals surface area contributed by atoms with Crippen molar-refractivity contribution >= 4 is 26.8 Å². The molecule has 1 aliphatic heterocycles. The molecule has 0 bridgehead atoms. The minimum Gasteiger partial charge on any atom is -0.463 e. The van der Waals surface area contributed by atoms with Crippen LogP contribution in [-0.4, -0.2) is 59.1 Å². The first-order valence-electron chi connectivity index (χ1n) is 10.2. The van der Waals surface area contributed by atoms with Crippen LogP contribution in [0, 0.1) is 6.92 Å². The van der Waals surface area contributed by atoms with Crippen molar-refractivity contribution in [2.45, 2.75) is 39.2 Å². The summed E-state index contributed by atoms with van der Waals surface area (Å²) in [6, 6.07) is 5.02. The van der Waals surface area contributed by atoms with Crippen LogP contribution in [0.4, 0.5) is 0 Å². The lowest BCUT2D eigenvalue weighted by molar-refractivity contribution is 0.0795. The molecule has 3 aromatic heterocycles. The average molecular weight is 431 g/mol. The maximum absolute atomic E-state index is 13.3. The fraction of sp³-hybridized carbons (Fsp3) is 0.476. The predicted octanol–water partition coefficient (Wildman–Crippen LogP) is 3.23. The summed E-state index contributed by atoms with van der Waals surface area (Å²) < 4.78 is 31.3. The molecular formula is C21H26N4O4S. The lowest BCUT2D eigenvalue weighted by atomic mass is 10.1. The molecular weight excluding hydrogens is 404 g/mol. The third-order valence-corrected chi connectivity index (χ3v) is 7.34. The second kappa shape index (κ2) is 7.86. The zero-order valence-electron chi connectivity index (χ0n) is 17.5. The molecule has 8 nitrogen and oxygen atoms in total. The number of sulfone groups is 1. The summed E-state index contributed by atoms with van der Waals surface area (Å²) in [7, 11) is -1.30. The van der Waals surface area contributed by atoms with E-state index in [0.717, 1.165) is 12.8 Å². The third-order valence-electron chi connectivity index (χ3n) is 5.59. The summed E-state index contributed by atoms with van der Waals surface area (Å²) >= 11 is 0. The molecule has 0 saturated carbocycles. The van der Waals surface area contributed by atoms with Gasteiger partial charge in [-0.2, -0.15) is 5.10 Å². The van der Waals surface area contributed by atoms with Crippen molar-refractivity contribution in [2.24, 2.45) is 0 Å².